The van der Waals surface area contributed by atoms with Crippen molar-refractivity contribution in [2.75, 3.05) is 33.4 Å². The average Bonchev–Trinajstić information content (AvgIpc) is 3.15. The number of allylic oxidation sites excluding steroid dienone is 6. The van der Waals surface area contributed by atoms with E-state index in [1.807, 2.05) is 0 Å². The molecule has 0 spiro atoms. The van der Waals surface area contributed by atoms with Gasteiger partial charge in [-0.2, -0.15) is 0 Å². The molecule has 0 aliphatic rings. The van der Waals surface area contributed by atoms with Gasteiger partial charge in [0.25, 0.3) is 0 Å². The first-order chi connectivity index (χ1) is 26.3. The van der Waals surface area contributed by atoms with E-state index in [9.17, 15) is 19.0 Å². The third-order valence-electron chi connectivity index (χ3n) is 9.23. The van der Waals surface area contributed by atoms with Gasteiger partial charge >= 0.3 is 19.8 Å². The normalized spacial score (nSPS) is 13.6. The fraction of sp³-hybridized carbons (Fsp3) is 0.818. The number of hydrogen-bond donors (Lipinski definition) is 2. The summed E-state index contributed by atoms with van der Waals surface area (Å²) in [5.74, 6) is -0.819. The van der Waals surface area contributed by atoms with Gasteiger partial charge in [-0.3, -0.25) is 18.6 Å². The molecule has 0 aliphatic heterocycles. The number of phosphoric acid groups is 1. The highest BCUT2D eigenvalue weighted by Crippen LogP contribution is 2.43. The third-order valence-corrected chi connectivity index (χ3v) is 10.2. The monoisotopic (exact) mass is 784 g/mol. The Morgan fingerprint density at radius 3 is 1.52 bits per heavy atom. The van der Waals surface area contributed by atoms with Crippen molar-refractivity contribution in [1.82, 2.24) is 5.32 Å². The first kappa shape index (κ1) is 52.2. The SMILES string of the molecule is CCCCC/C=C\C/C=C\CCCCCCCCCC(=O)OCC(COP(=O)(O)OCCNC)OC(=O)CCCCCCCCC/C=C\CCCCCC. The molecule has 0 fully saturated rings. The number of ether oxygens (including phenoxy) is 2. The summed E-state index contributed by atoms with van der Waals surface area (Å²) in [5.41, 5.74) is 0. The van der Waals surface area contributed by atoms with Gasteiger partial charge < -0.3 is 19.7 Å². The number of unbranched alkanes of at least 4 members (excludes halogenated alkanes) is 21. The van der Waals surface area contributed by atoms with Crippen molar-refractivity contribution in [2.45, 2.75) is 200 Å². The summed E-state index contributed by atoms with van der Waals surface area (Å²) >= 11 is 0. The lowest BCUT2D eigenvalue weighted by Gasteiger charge is -2.20. The van der Waals surface area contributed by atoms with E-state index in [4.69, 9.17) is 18.5 Å². The van der Waals surface area contributed by atoms with Crippen LogP contribution in [0.2, 0.25) is 0 Å². The first-order valence-electron chi connectivity index (χ1n) is 21.9. The van der Waals surface area contributed by atoms with Crippen molar-refractivity contribution in [3.63, 3.8) is 0 Å². The Bertz CT molecular complexity index is 986. The minimum Gasteiger partial charge on any atom is -0.462 e. The predicted octanol–water partition coefficient (Wildman–Crippen LogP) is 12.4. The molecule has 0 rings (SSSR count). The van der Waals surface area contributed by atoms with E-state index < -0.39 is 26.5 Å². The van der Waals surface area contributed by atoms with Crippen LogP contribution in [-0.2, 0) is 32.7 Å². The molecule has 316 valence electrons. The summed E-state index contributed by atoms with van der Waals surface area (Å²) in [7, 11) is -2.65. The second-order valence-electron chi connectivity index (χ2n) is 14.5. The fourth-order valence-corrected chi connectivity index (χ4v) is 6.62. The van der Waals surface area contributed by atoms with Crippen LogP contribution >= 0.6 is 7.82 Å². The van der Waals surface area contributed by atoms with Gasteiger partial charge in [0, 0.05) is 19.4 Å². The largest absolute Gasteiger partial charge is 0.472 e. The highest BCUT2D eigenvalue weighted by molar-refractivity contribution is 7.47. The molecule has 54 heavy (non-hydrogen) atoms. The molecule has 0 aromatic carbocycles. The van der Waals surface area contributed by atoms with Gasteiger partial charge in [0.2, 0.25) is 0 Å². The number of nitrogens with one attached hydrogen (secondary N) is 1. The zero-order valence-electron chi connectivity index (χ0n) is 34.9. The van der Waals surface area contributed by atoms with Gasteiger partial charge in [-0.05, 0) is 77.7 Å². The quantitative estimate of drug-likeness (QED) is 0.0270. The van der Waals surface area contributed by atoms with Crippen LogP contribution in [0.1, 0.15) is 194 Å². The Balaban J connectivity index is 4.23. The lowest BCUT2D eigenvalue weighted by molar-refractivity contribution is -0.161. The average molecular weight is 784 g/mol. The first-order valence-corrected chi connectivity index (χ1v) is 23.4. The summed E-state index contributed by atoms with van der Waals surface area (Å²) in [6.07, 6.45) is 43.2. The van der Waals surface area contributed by atoms with Crippen LogP contribution in [0, 0.1) is 0 Å². The number of likely N-dealkylation sites (N-methyl/N-ethyl adjacent to an activating group) is 1. The maximum atomic E-state index is 12.6. The third kappa shape index (κ3) is 39.9. The molecule has 0 aliphatic carbocycles. The van der Waals surface area contributed by atoms with Gasteiger partial charge in [-0.15, -0.1) is 0 Å². The minimum absolute atomic E-state index is 0.0192. The molecule has 0 aromatic heterocycles. The number of phosphoric ester groups is 1. The summed E-state index contributed by atoms with van der Waals surface area (Å²) in [6.45, 7) is 4.18. The van der Waals surface area contributed by atoms with Crippen molar-refractivity contribution in [1.29, 1.82) is 0 Å². The van der Waals surface area contributed by atoms with Crippen LogP contribution < -0.4 is 5.32 Å². The Morgan fingerprint density at radius 1 is 0.574 bits per heavy atom. The molecular formula is C44H82NO8P. The van der Waals surface area contributed by atoms with Crippen LogP contribution in [0.25, 0.3) is 0 Å². The predicted molar refractivity (Wildman–Crippen MR) is 225 cm³/mol. The lowest BCUT2D eigenvalue weighted by atomic mass is 10.1. The molecule has 0 bridgehead atoms. The molecule has 0 aromatic rings. The molecular weight excluding hydrogens is 701 g/mol. The maximum absolute atomic E-state index is 12.6. The highest BCUT2D eigenvalue weighted by atomic mass is 31.2. The molecule has 0 amide bonds. The maximum Gasteiger partial charge on any atom is 0.472 e. The molecule has 0 saturated heterocycles. The lowest BCUT2D eigenvalue weighted by Crippen LogP contribution is -2.29. The van der Waals surface area contributed by atoms with Crippen LogP contribution in [0.4, 0.5) is 0 Å². The van der Waals surface area contributed by atoms with E-state index in [1.165, 1.54) is 96.3 Å². The smallest absolute Gasteiger partial charge is 0.462 e. The Hall–Kier alpha value is -1.77. The van der Waals surface area contributed by atoms with Crippen LogP contribution in [-0.4, -0.2) is 56.3 Å². The zero-order valence-corrected chi connectivity index (χ0v) is 35.8. The molecule has 0 heterocycles. The van der Waals surface area contributed by atoms with E-state index in [0.717, 1.165) is 64.2 Å². The molecule has 2 N–H and O–H groups in total. The molecule has 10 heteroatoms. The minimum atomic E-state index is -4.35. The van der Waals surface area contributed by atoms with E-state index in [2.05, 4.69) is 55.6 Å². The van der Waals surface area contributed by atoms with Crippen molar-refractivity contribution >= 4 is 19.8 Å². The number of carbonyl (C=O) groups excluding carboxylic acids is 2. The van der Waals surface area contributed by atoms with Gasteiger partial charge in [0.15, 0.2) is 6.10 Å². The number of hydrogen-bond acceptors (Lipinski definition) is 8. The van der Waals surface area contributed by atoms with Crippen molar-refractivity contribution in [3.05, 3.63) is 36.5 Å². The van der Waals surface area contributed by atoms with Gasteiger partial charge in [0.1, 0.15) is 6.61 Å². The van der Waals surface area contributed by atoms with Gasteiger partial charge in [-0.25, -0.2) is 4.57 Å². The Labute approximate surface area is 331 Å². The fourth-order valence-electron chi connectivity index (χ4n) is 5.87. The second-order valence-corrected chi connectivity index (χ2v) is 16.0. The summed E-state index contributed by atoms with van der Waals surface area (Å²) in [6, 6.07) is 0. The van der Waals surface area contributed by atoms with Crippen molar-refractivity contribution < 1.29 is 37.6 Å². The van der Waals surface area contributed by atoms with Gasteiger partial charge in [-0.1, -0.05) is 147 Å². The van der Waals surface area contributed by atoms with Crippen molar-refractivity contribution in [3.8, 4) is 0 Å². The molecule has 2 atom stereocenters. The van der Waals surface area contributed by atoms with E-state index in [1.54, 1.807) is 7.05 Å². The van der Waals surface area contributed by atoms with Crippen molar-refractivity contribution in [2.24, 2.45) is 0 Å². The molecule has 2 unspecified atom stereocenters. The topological polar surface area (TPSA) is 120 Å². The molecule has 9 nitrogen and oxygen atoms in total. The Morgan fingerprint density at radius 2 is 1.00 bits per heavy atom. The van der Waals surface area contributed by atoms with E-state index in [0.29, 0.717) is 13.0 Å². The van der Waals surface area contributed by atoms with E-state index >= 15 is 0 Å². The van der Waals surface area contributed by atoms with Crippen LogP contribution in [0.5, 0.6) is 0 Å². The number of esters is 2. The second kappa shape index (κ2) is 40.9. The summed E-state index contributed by atoms with van der Waals surface area (Å²) in [4.78, 5) is 35.1. The Kier molecular flexibility index (Phi) is 39.5. The van der Waals surface area contributed by atoms with Crippen LogP contribution in [0.15, 0.2) is 36.5 Å². The summed E-state index contributed by atoms with van der Waals surface area (Å²) in [5, 5.41) is 2.82. The standard InChI is InChI=1S/C44H82NO8P/c1-4-6-8-10-12-14-16-18-20-21-23-24-26-28-30-32-34-36-43(46)50-40-42(41-52-54(48,49)51-39-38-45-3)53-44(47)37-35-33-31-29-27-25-22-19-17-15-13-11-9-7-5-2/h12,14-15,17-18,20,42,45H,4-11,13,16,19,21-41H2,1-3H3,(H,48,49)/b14-12-,17-15-,20-18-. The number of rotatable bonds is 41. The zero-order chi connectivity index (χ0) is 39.6. The van der Waals surface area contributed by atoms with E-state index in [-0.39, 0.29) is 32.0 Å². The van der Waals surface area contributed by atoms with Crippen LogP contribution in [0.3, 0.4) is 0 Å². The highest BCUT2D eigenvalue weighted by Gasteiger charge is 2.26. The number of carbonyl (C=O) groups is 2. The molecule has 0 radical (unpaired) electrons. The summed E-state index contributed by atoms with van der Waals surface area (Å²) < 4.78 is 33.2. The molecule has 0 saturated carbocycles. The van der Waals surface area contributed by atoms with Gasteiger partial charge in [0.05, 0.1) is 13.2 Å².